The lowest BCUT2D eigenvalue weighted by Gasteiger charge is -2.02. The molecule has 0 radical (unpaired) electrons. The normalized spacial score (nSPS) is 10.1. The molecule has 1 heterocycles. The number of nitrogens with zero attached hydrogens (tertiary/aromatic N) is 1. The van der Waals surface area contributed by atoms with Gasteiger partial charge >= 0.3 is 5.97 Å². The van der Waals surface area contributed by atoms with Gasteiger partial charge in [-0.15, -0.1) is 11.3 Å². The van der Waals surface area contributed by atoms with Crippen LogP contribution in [0.4, 0.5) is 0 Å². The highest BCUT2D eigenvalue weighted by molar-refractivity contribution is 7.13. The smallest absolute Gasteiger partial charge is 0.309 e. The van der Waals surface area contributed by atoms with Crippen molar-refractivity contribution in [1.82, 2.24) is 4.98 Å². The fraction of sp³-hybridized carbons (Fsp3) is 0.231. The largest absolute Gasteiger partial charge is 0.494 e. The van der Waals surface area contributed by atoms with E-state index in [0.29, 0.717) is 12.5 Å². The Bertz CT molecular complexity index is 533. The highest BCUT2D eigenvalue weighted by Crippen LogP contribution is 2.28. The first-order valence-electron chi connectivity index (χ1n) is 5.56. The Morgan fingerprint density at radius 1 is 1.33 bits per heavy atom. The van der Waals surface area contributed by atoms with Crippen molar-refractivity contribution in [3.8, 4) is 22.2 Å². The van der Waals surface area contributed by atoms with Gasteiger partial charge in [0.2, 0.25) is 5.88 Å². The maximum atomic E-state index is 10.8. The maximum Gasteiger partial charge on any atom is 0.309 e. The monoisotopic (exact) mass is 263 g/mol. The van der Waals surface area contributed by atoms with Crippen LogP contribution in [0, 0.1) is 0 Å². The van der Waals surface area contributed by atoms with Crippen molar-refractivity contribution in [1.29, 1.82) is 0 Å². The molecular weight excluding hydrogens is 250 g/mol. The van der Waals surface area contributed by atoms with E-state index in [0.717, 1.165) is 16.3 Å². The Morgan fingerprint density at radius 3 is 2.67 bits per heavy atom. The summed E-state index contributed by atoms with van der Waals surface area (Å²) >= 11 is 1.43. The minimum atomic E-state index is -0.362. The van der Waals surface area contributed by atoms with E-state index in [4.69, 9.17) is 9.47 Å². The number of hydrogen-bond acceptors (Lipinski definition) is 5. The van der Waals surface area contributed by atoms with Gasteiger partial charge in [0.05, 0.1) is 12.0 Å². The first-order chi connectivity index (χ1) is 8.69. The number of esters is 1. The van der Waals surface area contributed by atoms with Crippen LogP contribution in [0.15, 0.2) is 29.6 Å². The lowest BCUT2D eigenvalue weighted by Crippen LogP contribution is -2.01. The molecule has 0 spiro atoms. The van der Waals surface area contributed by atoms with Gasteiger partial charge in [0.25, 0.3) is 0 Å². The van der Waals surface area contributed by atoms with Gasteiger partial charge < -0.3 is 9.47 Å². The van der Waals surface area contributed by atoms with E-state index in [1.807, 2.05) is 31.2 Å². The molecule has 0 aliphatic heterocycles. The van der Waals surface area contributed by atoms with Crippen molar-refractivity contribution in [2.75, 3.05) is 6.61 Å². The van der Waals surface area contributed by atoms with Crippen LogP contribution >= 0.6 is 11.3 Å². The average molecular weight is 263 g/mol. The van der Waals surface area contributed by atoms with E-state index in [9.17, 15) is 4.79 Å². The number of rotatable bonds is 4. The molecule has 0 unspecified atom stereocenters. The second-order valence-corrected chi connectivity index (χ2v) is 4.40. The molecule has 2 aromatic rings. The molecule has 0 saturated heterocycles. The first-order valence-corrected chi connectivity index (χ1v) is 6.44. The summed E-state index contributed by atoms with van der Waals surface area (Å²) in [7, 11) is 0. The van der Waals surface area contributed by atoms with E-state index in [2.05, 4.69) is 4.98 Å². The molecule has 2 rings (SSSR count). The third kappa shape index (κ3) is 3.07. The zero-order valence-corrected chi connectivity index (χ0v) is 11.0. The second-order valence-electron chi connectivity index (χ2n) is 3.54. The molecular formula is C13H13NO3S. The molecule has 0 atom stereocenters. The fourth-order valence-electron chi connectivity index (χ4n) is 1.45. The molecule has 94 valence electrons. The molecule has 0 saturated carbocycles. The van der Waals surface area contributed by atoms with Crippen LogP contribution in [0.5, 0.6) is 11.6 Å². The highest BCUT2D eigenvalue weighted by atomic mass is 32.1. The van der Waals surface area contributed by atoms with E-state index >= 15 is 0 Å². The van der Waals surface area contributed by atoms with E-state index in [1.54, 1.807) is 5.38 Å². The standard InChI is InChI=1S/C13H13NO3S/c1-3-16-11-6-4-10(5-7-11)13-14-12(8-18-13)17-9(2)15/h4-8H,3H2,1-2H3. The molecule has 5 heteroatoms. The molecule has 0 aliphatic rings. The fourth-order valence-corrected chi connectivity index (χ4v) is 2.17. The van der Waals surface area contributed by atoms with Crippen molar-refractivity contribution in [2.24, 2.45) is 0 Å². The Kier molecular flexibility index (Phi) is 3.94. The number of aromatic nitrogens is 1. The van der Waals surface area contributed by atoms with Gasteiger partial charge in [-0.1, -0.05) is 0 Å². The van der Waals surface area contributed by atoms with Gasteiger partial charge in [-0.2, -0.15) is 0 Å². The van der Waals surface area contributed by atoms with Gasteiger partial charge in [-0.25, -0.2) is 4.98 Å². The topological polar surface area (TPSA) is 48.4 Å². The summed E-state index contributed by atoms with van der Waals surface area (Å²) in [5.74, 6) is 0.813. The summed E-state index contributed by atoms with van der Waals surface area (Å²) in [6, 6.07) is 7.65. The number of thiazole rings is 1. The number of benzene rings is 1. The third-order valence-electron chi connectivity index (χ3n) is 2.14. The van der Waals surface area contributed by atoms with Crippen LogP contribution in [0.1, 0.15) is 13.8 Å². The van der Waals surface area contributed by atoms with Crippen LogP contribution in [0.2, 0.25) is 0 Å². The summed E-state index contributed by atoms with van der Waals surface area (Å²) < 4.78 is 10.3. The predicted octanol–water partition coefficient (Wildman–Crippen LogP) is 3.13. The molecule has 18 heavy (non-hydrogen) atoms. The number of ether oxygens (including phenoxy) is 2. The number of carbonyl (C=O) groups is 1. The van der Waals surface area contributed by atoms with Crippen LogP contribution < -0.4 is 9.47 Å². The molecule has 0 amide bonds. The zero-order valence-electron chi connectivity index (χ0n) is 10.2. The van der Waals surface area contributed by atoms with Crippen molar-refractivity contribution in [3.63, 3.8) is 0 Å². The summed E-state index contributed by atoms with van der Waals surface area (Å²) in [4.78, 5) is 15.0. The summed E-state index contributed by atoms with van der Waals surface area (Å²) in [5, 5.41) is 2.53. The quantitative estimate of drug-likeness (QED) is 0.795. The summed E-state index contributed by atoms with van der Waals surface area (Å²) in [6.07, 6.45) is 0. The van der Waals surface area contributed by atoms with Gasteiger partial charge in [0.1, 0.15) is 10.8 Å². The van der Waals surface area contributed by atoms with Crippen molar-refractivity contribution < 1.29 is 14.3 Å². The Hall–Kier alpha value is -1.88. The van der Waals surface area contributed by atoms with Crippen LogP contribution in [-0.4, -0.2) is 17.6 Å². The minimum absolute atomic E-state index is 0.344. The summed E-state index contributed by atoms with van der Waals surface area (Å²) in [6.45, 7) is 3.95. The molecule has 0 aliphatic carbocycles. The second kappa shape index (κ2) is 5.64. The Balaban J connectivity index is 2.15. The Labute approximate surface area is 109 Å². The van der Waals surface area contributed by atoms with Crippen molar-refractivity contribution >= 4 is 17.3 Å². The highest BCUT2D eigenvalue weighted by Gasteiger charge is 2.07. The molecule has 1 aromatic heterocycles. The van der Waals surface area contributed by atoms with Crippen LogP contribution in [0.3, 0.4) is 0 Å². The van der Waals surface area contributed by atoms with E-state index in [1.165, 1.54) is 18.3 Å². The molecule has 0 bridgehead atoms. The van der Waals surface area contributed by atoms with Crippen molar-refractivity contribution in [3.05, 3.63) is 29.6 Å². The lowest BCUT2D eigenvalue weighted by molar-refractivity contribution is -0.132. The average Bonchev–Trinajstić information content (AvgIpc) is 2.78. The predicted molar refractivity (Wildman–Crippen MR) is 70.0 cm³/mol. The van der Waals surface area contributed by atoms with Crippen molar-refractivity contribution in [2.45, 2.75) is 13.8 Å². The van der Waals surface area contributed by atoms with E-state index in [-0.39, 0.29) is 5.97 Å². The van der Waals surface area contributed by atoms with Gasteiger partial charge in [-0.3, -0.25) is 4.79 Å². The first kappa shape index (κ1) is 12.6. The number of hydrogen-bond donors (Lipinski definition) is 0. The van der Waals surface area contributed by atoms with Crippen LogP contribution in [0.25, 0.3) is 10.6 Å². The zero-order chi connectivity index (χ0) is 13.0. The molecule has 0 N–H and O–H groups in total. The van der Waals surface area contributed by atoms with Crippen LogP contribution in [-0.2, 0) is 4.79 Å². The summed E-state index contributed by atoms with van der Waals surface area (Å²) in [5.41, 5.74) is 0.974. The lowest BCUT2D eigenvalue weighted by atomic mass is 10.2. The minimum Gasteiger partial charge on any atom is -0.494 e. The molecule has 4 nitrogen and oxygen atoms in total. The van der Waals surface area contributed by atoms with E-state index < -0.39 is 0 Å². The molecule has 0 fully saturated rings. The van der Waals surface area contributed by atoms with Gasteiger partial charge in [0.15, 0.2) is 0 Å². The SMILES string of the molecule is CCOc1ccc(-c2nc(OC(C)=O)cs2)cc1. The van der Waals surface area contributed by atoms with Gasteiger partial charge in [0, 0.05) is 12.5 Å². The third-order valence-corrected chi connectivity index (χ3v) is 3.01. The molecule has 1 aromatic carbocycles. The number of carbonyl (C=O) groups excluding carboxylic acids is 1. The maximum absolute atomic E-state index is 10.8. The Morgan fingerprint density at radius 2 is 2.06 bits per heavy atom. The van der Waals surface area contributed by atoms with Gasteiger partial charge in [-0.05, 0) is 31.2 Å².